The van der Waals surface area contributed by atoms with E-state index in [-0.39, 0.29) is 0 Å². The number of hydrogen-bond donors (Lipinski definition) is 1. The average molecular weight is 268 g/mol. The van der Waals surface area contributed by atoms with Gasteiger partial charge in [-0.05, 0) is 25.0 Å². The highest BCUT2D eigenvalue weighted by Crippen LogP contribution is 2.20. The lowest BCUT2D eigenvalue weighted by molar-refractivity contribution is 0.242. The molecule has 0 fully saturated rings. The van der Waals surface area contributed by atoms with Crippen molar-refractivity contribution in [3.8, 4) is 0 Å². The van der Waals surface area contributed by atoms with Gasteiger partial charge in [-0.15, -0.1) is 0 Å². The summed E-state index contributed by atoms with van der Waals surface area (Å²) in [6.07, 6.45) is 2.82. The Bertz CT molecular complexity index is 636. The second-order valence-corrected chi connectivity index (χ2v) is 5.59. The average Bonchev–Trinajstić information content (AvgIpc) is 2.42. The lowest BCUT2D eigenvalue weighted by atomic mass is 10.0. The molecule has 0 unspecified atom stereocenters. The van der Waals surface area contributed by atoms with Gasteiger partial charge in [0.1, 0.15) is 0 Å². The maximum atomic E-state index is 5.64. The maximum absolute atomic E-state index is 5.64. The van der Waals surface area contributed by atoms with E-state index in [9.17, 15) is 0 Å². The van der Waals surface area contributed by atoms with Crippen molar-refractivity contribution in [2.24, 2.45) is 0 Å². The highest BCUT2D eigenvalue weighted by molar-refractivity contribution is 5.31. The van der Waals surface area contributed by atoms with Crippen molar-refractivity contribution in [2.45, 2.75) is 33.4 Å². The summed E-state index contributed by atoms with van der Waals surface area (Å²) in [5.74, 6) is 0.381. The van der Waals surface area contributed by atoms with Crippen LogP contribution in [-0.2, 0) is 19.5 Å². The first kappa shape index (κ1) is 13.1. The van der Waals surface area contributed by atoms with Crippen molar-refractivity contribution in [1.29, 1.82) is 0 Å². The second-order valence-electron chi connectivity index (χ2n) is 5.59. The molecule has 4 heteroatoms. The molecule has 3 rings (SSSR count). The number of nitrogens with two attached hydrogens (primary N) is 1. The monoisotopic (exact) mass is 268 g/mol. The van der Waals surface area contributed by atoms with Crippen LogP contribution in [0.15, 0.2) is 24.4 Å². The molecule has 104 valence electrons. The zero-order chi connectivity index (χ0) is 14.1. The molecular formula is C16H20N4. The number of nitrogens with zero attached hydrogens (tertiary/aromatic N) is 3. The molecule has 0 spiro atoms. The quantitative estimate of drug-likeness (QED) is 0.907. The lowest BCUT2D eigenvalue weighted by Gasteiger charge is -2.28. The van der Waals surface area contributed by atoms with Gasteiger partial charge >= 0.3 is 0 Å². The van der Waals surface area contributed by atoms with Crippen LogP contribution >= 0.6 is 0 Å². The van der Waals surface area contributed by atoms with Gasteiger partial charge in [-0.25, -0.2) is 9.97 Å². The van der Waals surface area contributed by atoms with Crippen LogP contribution in [0.4, 0.5) is 5.95 Å². The van der Waals surface area contributed by atoms with Crippen LogP contribution < -0.4 is 5.73 Å². The number of anilines is 1. The number of benzene rings is 1. The first-order valence-corrected chi connectivity index (χ1v) is 7.00. The molecule has 0 amide bonds. The van der Waals surface area contributed by atoms with E-state index in [2.05, 4.69) is 46.9 Å². The van der Waals surface area contributed by atoms with Crippen molar-refractivity contribution in [3.05, 3.63) is 52.3 Å². The Labute approximate surface area is 119 Å². The molecule has 2 N–H and O–H groups in total. The largest absolute Gasteiger partial charge is 0.368 e. The Hall–Kier alpha value is -1.94. The van der Waals surface area contributed by atoms with Gasteiger partial charge in [0.25, 0.3) is 0 Å². The summed E-state index contributed by atoms with van der Waals surface area (Å²) in [7, 11) is 0. The highest BCUT2D eigenvalue weighted by Gasteiger charge is 2.18. The fourth-order valence-corrected chi connectivity index (χ4v) is 2.79. The predicted molar refractivity (Wildman–Crippen MR) is 80.2 cm³/mol. The van der Waals surface area contributed by atoms with Crippen molar-refractivity contribution in [1.82, 2.24) is 14.9 Å². The minimum atomic E-state index is 0.381. The number of hydrogen-bond acceptors (Lipinski definition) is 4. The van der Waals surface area contributed by atoms with Gasteiger partial charge in [-0.3, -0.25) is 4.90 Å². The van der Waals surface area contributed by atoms with E-state index in [0.717, 1.165) is 31.7 Å². The molecule has 1 aromatic carbocycles. The summed E-state index contributed by atoms with van der Waals surface area (Å²) in [5, 5.41) is 0. The molecule has 2 heterocycles. The lowest BCUT2D eigenvalue weighted by Crippen LogP contribution is -2.31. The Morgan fingerprint density at radius 2 is 2.15 bits per heavy atom. The summed E-state index contributed by atoms with van der Waals surface area (Å²) in [6.45, 7) is 7.23. The molecular weight excluding hydrogens is 248 g/mol. The van der Waals surface area contributed by atoms with Gasteiger partial charge in [0.15, 0.2) is 0 Å². The second kappa shape index (κ2) is 5.21. The fraction of sp³-hybridized carbons (Fsp3) is 0.375. The summed E-state index contributed by atoms with van der Waals surface area (Å²) < 4.78 is 0. The number of aromatic nitrogens is 2. The third-order valence-electron chi connectivity index (χ3n) is 3.92. The molecule has 4 nitrogen and oxygen atoms in total. The van der Waals surface area contributed by atoms with Gasteiger partial charge in [0.05, 0.1) is 5.69 Å². The van der Waals surface area contributed by atoms with Crippen LogP contribution in [0.3, 0.4) is 0 Å². The van der Waals surface area contributed by atoms with E-state index in [1.54, 1.807) is 0 Å². The van der Waals surface area contributed by atoms with Crippen LogP contribution in [0.5, 0.6) is 0 Å². The third-order valence-corrected chi connectivity index (χ3v) is 3.92. The van der Waals surface area contributed by atoms with Gasteiger partial charge < -0.3 is 5.73 Å². The molecule has 0 radical (unpaired) electrons. The van der Waals surface area contributed by atoms with E-state index < -0.39 is 0 Å². The molecule has 1 aromatic heterocycles. The van der Waals surface area contributed by atoms with Crippen LogP contribution in [0.2, 0.25) is 0 Å². The Balaban J connectivity index is 1.75. The molecule has 1 aliphatic heterocycles. The summed E-state index contributed by atoms with van der Waals surface area (Å²) >= 11 is 0. The number of nitrogen functional groups attached to an aromatic ring is 1. The molecule has 0 saturated carbocycles. The maximum Gasteiger partial charge on any atom is 0.220 e. The fourth-order valence-electron chi connectivity index (χ4n) is 2.79. The van der Waals surface area contributed by atoms with Crippen LogP contribution in [-0.4, -0.2) is 21.4 Å². The summed E-state index contributed by atoms with van der Waals surface area (Å²) in [6, 6.07) is 6.67. The van der Waals surface area contributed by atoms with Gasteiger partial charge in [-0.2, -0.15) is 0 Å². The summed E-state index contributed by atoms with van der Waals surface area (Å²) in [5.41, 5.74) is 12.0. The van der Waals surface area contributed by atoms with Crippen LogP contribution in [0.25, 0.3) is 0 Å². The van der Waals surface area contributed by atoms with E-state index in [1.165, 1.54) is 22.3 Å². The molecule has 2 aromatic rings. The molecule has 0 bridgehead atoms. The molecule has 0 saturated heterocycles. The topological polar surface area (TPSA) is 55.0 Å². The Morgan fingerprint density at radius 3 is 2.95 bits per heavy atom. The molecule has 1 aliphatic rings. The summed E-state index contributed by atoms with van der Waals surface area (Å²) in [4.78, 5) is 10.9. The Morgan fingerprint density at radius 1 is 1.30 bits per heavy atom. The standard InChI is InChI=1S/C16H20N4/c1-11-3-4-13(12(2)7-11)9-20-6-5-15-14(10-20)8-18-16(17)19-15/h3-4,7-8H,5-6,9-10H2,1-2H3,(H2,17,18,19). The molecule has 0 aliphatic carbocycles. The minimum absolute atomic E-state index is 0.381. The zero-order valence-corrected chi connectivity index (χ0v) is 12.1. The zero-order valence-electron chi connectivity index (χ0n) is 12.1. The van der Waals surface area contributed by atoms with Crippen LogP contribution in [0, 0.1) is 13.8 Å². The van der Waals surface area contributed by atoms with E-state index in [1.807, 2.05) is 6.20 Å². The first-order chi connectivity index (χ1) is 9.61. The molecule has 0 atom stereocenters. The van der Waals surface area contributed by atoms with E-state index in [0.29, 0.717) is 5.95 Å². The van der Waals surface area contributed by atoms with E-state index >= 15 is 0 Å². The minimum Gasteiger partial charge on any atom is -0.368 e. The number of fused-ring (bicyclic) bond motifs is 1. The SMILES string of the molecule is Cc1ccc(CN2CCc3nc(N)ncc3C2)c(C)c1. The number of rotatable bonds is 2. The predicted octanol–water partition coefficient (Wildman–Crippen LogP) is 2.23. The number of aryl methyl sites for hydroxylation is 2. The molecule has 20 heavy (non-hydrogen) atoms. The van der Waals surface area contributed by atoms with Crippen molar-refractivity contribution >= 4 is 5.95 Å². The smallest absolute Gasteiger partial charge is 0.220 e. The van der Waals surface area contributed by atoms with Crippen LogP contribution in [0.1, 0.15) is 27.9 Å². The van der Waals surface area contributed by atoms with Gasteiger partial charge in [-0.1, -0.05) is 23.8 Å². The normalized spacial score (nSPS) is 15.1. The Kier molecular flexibility index (Phi) is 3.40. The van der Waals surface area contributed by atoms with Gasteiger partial charge in [0.2, 0.25) is 5.95 Å². The van der Waals surface area contributed by atoms with Crippen molar-refractivity contribution in [3.63, 3.8) is 0 Å². The van der Waals surface area contributed by atoms with Gasteiger partial charge in [0, 0.05) is 37.8 Å². The third kappa shape index (κ3) is 2.65. The first-order valence-electron chi connectivity index (χ1n) is 7.00. The van der Waals surface area contributed by atoms with E-state index in [4.69, 9.17) is 5.73 Å². The van der Waals surface area contributed by atoms with Crippen molar-refractivity contribution < 1.29 is 0 Å². The van der Waals surface area contributed by atoms with Crippen molar-refractivity contribution in [2.75, 3.05) is 12.3 Å². The highest BCUT2D eigenvalue weighted by atomic mass is 15.1.